The summed E-state index contributed by atoms with van der Waals surface area (Å²) in [5.41, 5.74) is 1.98. The Hall–Kier alpha value is -1.36. The number of amides is 1. The highest BCUT2D eigenvalue weighted by Gasteiger charge is 2.29. The summed E-state index contributed by atoms with van der Waals surface area (Å²) in [6.45, 7) is 3.42. The Labute approximate surface area is 135 Å². The summed E-state index contributed by atoms with van der Waals surface area (Å²) in [7, 11) is 0. The topological polar surface area (TPSA) is 52.6 Å². The minimum absolute atomic E-state index is 0.114. The molecule has 3 aliphatic rings. The van der Waals surface area contributed by atoms with Crippen molar-refractivity contribution in [3.05, 3.63) is 46.5 Å². The van der Waals surface area contributed by atoms with Crippen LogP contribution in [0.2, 0.25) is 5.02 Å². The molecule has 0 aliphatic carbocycles. The monoisotopic (exact) mass is 320 g/mol. The van der Waals surface area contributed by atoms with Gasteiger partial charge >= 0.3 is 0 Å². The van der Waals surface area contributed by atoms with Gasteiger partial charge in [-0.25, -0.2) is 0 Å². The number of hydrogen-bond acceptors (Lipinski definition) is 3. The molecular formula is C17H21ClN2O2. The van der Waals surface area contributed by atoms with Crippen LogP contribution in [0.3, 0.4) is 0 Å². The second-order valence-corrected chi connectivity index (χ2v) is 6.52. The molecule has 3 saturated heterocycles. The fraction of sp³-hybridized carbons (Fsp3) is 0.471. The van der Waals surface area contributed by atoms with Crippen LogP contribution in [-0.4, -0.2) is 42.1 Å². The molecule has 2 bridgehead atoms. The molecule has 1 aromatic rings. The first kappa shape index (κ1) is 15.5. The molecule has 2 N–H and O–H groups in total. The van der Waals surface area contributed by atoms with Gasteiger partial charge < -0.3 is 10.4 Å². The maximum atomic E-state index is 12.0. The van der Waals surface area contributed by atoms with Crippen molar-refractivity contribution in [2.75, 3.05) is 26.2 Å². The number of carbonyl (C=O) groups excluding carboxylic acids is 1. The lowest BCUT2D eigenvalue weighted by atomic mass is 9.83. The third-order valence-corrected chi connectivity index (χ3v) is 4.81. The van der Waals surface area contributed by atoms with Crippen LogP contribution in [0.1, 0.15) is 24.5 Å². The number of aliphatic hydroxyl groups is 1. The molecule has 118 valence electrons. The molecule has 1 atom stereocenters. The summed E-state index contributed by atoms with van der Waals surface area (Å²) >= 11 is 5.82. The largest absolute Gasteiger partial charge is 0.387 e. The van der Waals surface area contributed by atoms with Crippen LogP contribution in [0.15, 0.2) is 35.9 Å². The van der Waals surface area contributed by atoms with E-state index in [9.17, 15) is 9.90 Å². The van der Waals surface area contributed by atoms with Crippen molar-refractivity contribution in [2.24, 2.45) is 5.92 Å². The highest BCUT2D eigenvalue weighted by molar-refractivity contribution is 6.30. The molecule has 1 aromatic carbocycles. The fourth-order valence-corrected chi connectivity index (χ4v) is 3.36. The smallest absolute Gasteiger partial charge is 0.244 e. The molecule has 0 spiro atoms. The summed E-state index contributed by atoms with van der Waals surface area (Å²) in [5, 5.41) is 13.5. The lowest BCUT2D eigenvalue weighted by Gasteiger charge is -2.40. The summed E-state index contributed by atoms with van der Waals surface area (Å²) in [5.74, 6) is 0.453. The molecule has 1 unspecified atom stereocenters. The fourth-order valence-electron chi connectivity index (χ4n) is 3.23. The van der Waals surface area contributed by atoms with Crippen LogP contribution in [0, 0.1) is 5.92 Å². The maximum Gasteiger partial charge on any atom is 0.244 e. The molecule has 0 aromatic heterocycles. The molecule has 4 rings (SSSR count). The molecule has 3 heterocycles. The quantitative estimate of drug-likeness (QED) is 0.836. The summed E-state index contributed by atoms with van der Waals surface area (Å²) in [6, 6.07) is 7.00. The molecule has 22 heavy (non-hydrogen) atoms. The predicted molar refractivity (Wildman–Crippen MR) is 86.7 cm³/mol. The normalized spacial score (nSPS) is 26.9. The van der Waals surface area contributed by atoms with Crippen LogP contribution < -0.4 is 5.32 Å². The first-order valence-electron chi connectivity index (χ1n) is 7.76. The minimum Gasteiger partial charge on any atom is -0.387 e. The van der Waals surface area contributed by atoms with Crippen molar-refractivity contribution >= 4 is 17.5 Å². The number of halogens is 1. The van der Waals surface area contributed by atoms with Crippen LogP contribution in [0.25, 0.3) is 0 Å². The van der Waals surface area contributed by atoms with Crippen LogP contribution >= 0.6 is 11.6 Å². The molecule has 3 aliphatic heterocycles. The zero-order valence-electron chi connectivity index (χ0n) is 12.5. The van der Waals surface area contributed by atoms with E-state index in [1.165, 1.54) is 5.57 Å². The minimum atomic E-state index is -0.717. The van der Waals surface area contributed by atoms with Gasteiger partial charge in [0.2, 0.25) is 5.91 Å². The maximum absolute atomic E-state index is 12.0. The van der Waals surface area contributed by atoms with Crippen molar-refractivity contribution in [1.82, 2.24) is 10.2 Å². The molecule has 1 amide bonds. The average molecular weight is 321 g/mol. The van der Waals surface area contributed by atoms with Gasteiger partial charge in [-0.05, 0) is 55.1 Å². The van der Waals surface area contributed by atoms with E-state index < -0.39 is 6.10 Å². The second-order valence-electron chi connectivity index (χ2n) is 6.08. The van der Waals surface area contributed by atoms with E-state index in [1.807, 2.05) is 0 Å². The van der Waals surface area contributed by atoms with E-state index in [2.05, 4.69) is 10.2 Å². The summed E-state index contributed by atoms with van der Waals surface area (Å²) < 4.78 is 0. The molecule has 0 radical (unpaired) electrons. The predicted octanol–water partition coefficient (Wildman–Crippen LogP) is 2.14. The SMILES string of the molecule is O=C(/C=C1/CN2CCC1CC2)NCC(O)c1ccc(Cl)cc1. The highest BCUT2D eigenvalue weighted by atomic mass is 35.5. The van der Waals surface area contributed by atoms with E-state index in [0.29, 0.717) is 10.9 Å². The van der Waals surface area contributed by atoms with Gasteiger partial charge in [0.15, 0.2) is 0 Å². The highest BCUT2D eigenvalue weighted by Crippen LogP contribution is 2.31. The van der Waals surface area contributed by atoms with E-state index in [0.717, 1.165) is 38.0 Å². The number of piperidine rings is 3. The molecule has 4 nitrogen and oxygen atoms in total. The number of nitrogens with one attached hydrogen (secondary N) is 1. The van der Waals surface area contributed by atoms with E-state index in [-0.39, 0.29) is 12.5 Å². The van der Waals surface area contributed by atoms with Crippen molar-refractivity contribution in [2.45, 2.75) is 18.9 Å². The number of nitrogens with zero attached hydrogens (tertiary/aromatic N) is 1. The van der Waals surface area contributed by atoms with Crippen molar-refractivity contribution in [1.29, 1.82) is 0 Å². The third-order valence-electron chi connectivity index (χ3n) is 4.56. The lowest BCUT2D eigenvalue weighted by molar-refractivity contribution is -0.117. The Kier molecular flexibility index (Phi) is 4.81. The van der Waals surface area contributed by atoms with Crippen molar-refractivity contribution in [3.8, 4) is 0 Å². The molecule has 0 saturated carbocycles. The first-order valence-corrected chi connectivity index (χ1v) is 8.14. The standard InChI is InChI=1S/C17H21ClN2O2/c18-15-3-1-13(2-4-15)16(21)10-19-17(22)9-14-11-20-7-5-12(14)6-8-20/h1-4,9,12,16,21H,5-8,10-11H2,(H,19,22)/b14-9-. The summed E-state index contributed by atoms with van der Waals surface area (Å²) in [4.78, 5) is 14.4. The Morgan fingerprint density at radius 1 is 1.36 bits per heavy atom. The number of fused-ring (bicyclic) bond motifs is 3. The van der Waals surface area contributed by atoms with Gasteiger partial charge in [0.05, 0.1) is 6.10 Å². The average Bonchev–Trinajstić information content (AvgIpc) is 2.54. The Morgan fingerprint density at radius 2 is 2.05 bits per heavy atom. The first-order chi connectivity index (χ1) is 10.6. The van der Waals surface area contributed by atoms with E-state index in [4.69, 9.17) is 11.6 Å². The lowest BCUT2D eigenvalue weighted by Crippen LogP contribution is -2.43. The van der Waals surface area contributed by atoms with Gasteiger partial charge in [0.25, 0.3) is 0 Å². The number of aliphatic hydroxyl groups excluding tert-OH is 1. The van der Waals surface area contributed by atoms with Crippen LogP contribution in [0.4, 0.5) is 0 Å². The number of benzene rings is 1. The van der Waals surface area contributed by atoms with Gasteiger partial charge in [-0.1, -0.05) is 23.7 Å². The van der Waals surface area contributed by atoms with Gasteiger partial charge in [0, 0.05) is 24.2 Å². The van der Waals surface area contributed by atoms with Crippen LogP contribution in [0.5, 0.6) is 0 Å². The number of rotatable bonds is 4. The number of carbonyl (C=O) groups is 1. The van der Waals surface area contributed by atoms with Crippen molar-refractivity contribution < 1.29 is 9.90 Å². The number of hydrogen-bond donors (Lipinski definition) is 2. The Bertz CT molecular complexity index is 563. The zero-order chi connectivity index (χ0) is 15.5. The van der Waals surface area contributed by atoms with Gasteiger partial charge in [-0.15, -0.1) is 0 Å². The molecule has 5 heteroatoms. The van der Waals surface area contributed by atoms with Gasteiger partial charge in [0.1, 0.15) is 0 Å². The summed E-state index contributed by atoms with van der Waals surface area (Å²) in [6.07, 6.45) is 3.33. The molecule has 3 fully saturated rings. The Morgan fingerprint density at radius 3 is 2.64 bits per heavy atom. The van der Waals surface area contributed by atoms with Crippen molar-refractivity contribution in [3.63, 3.8) is 0 Å². The van der Waals surface area contributed by atoms with Gasteiger partial charge in [-0.3, -0.25) is 9.69 Å². The Balaban J connectivity index is 1.53. The molecular weight excluding hydrogens is 300 g/mol. The second kappa shape index (κ2) is 6.82. The van der Waals surface area contributed by atoms with E-state index >= 15 is 0 Å². The van der Waals surface area contributed by atoms with Crippen LogP contribution in [-0.2, 0) is 4.79 Å². The van der Waals surface area contributed by atoms with E-state index in [1.54, 1.807) is 30.3 Å². The zero-order valence-corrected chi connectivity index (χ0v) is 13.2. The third kappa shape index (κ3) is 3.69. The van der Waals surface area contributed by atoms with Gasteiger partial charge in [-0.2, -0.15) is 0 Å².